The summed E-state index contributed by atoms with van der Waals surface area (Å²) < 4.78 is 28.1. The first-order valence-corrected chi connectivity index (χ1v) is 7.57. The van der Waals surface area contributed by atoms with Crippen LogP contribution in [0.25, 0.3) is 10.8 Å². The maximum Gasteiger partial charge on any atom is 0.130 e. The molecule has 0 nitrogen and oxygen atoms in total. The van der Waals surface area contributed by atoms with E-state index < -0.39 is 16.5 Å². The van der Waals surface area contributed by atoms with Crippen molar-refractivity contribution in [3.63, 3.8) is 0 Å². The van der Waals surface area contributed by atoms with Crippen LogP contribution in [0.2, 0.25) is 0 Å². The standard InChI is InChI=1S/C18H13BrF2/c1-11-9-10-12-5-2-3-6-13(12)16(11)18(19)17-14(20)7-4-8-15(17)21/h2-10,18H,1H3. The molecular weight excluding hydrogens is 334 g/mol. The minimum atomic E-state index is -0.538. The van der Waals surface area contributed by atoms with Crippen LogP contribution >= 0.6 is 15.9 Å². The third kappa shape index (κ3) is 2.46. The van der Waals surface area contributed by atoms with Gasteiger partial charge >= 0.3 is 0 Å². The van der Waals surface area contributed by atoms with Crippen molar-refractivity contribution < 1.29 is 8.78 Å². The Bertz CT molecular complexity index is 791. The van der Waals surface area contributed by atoms with Gasteiger partial charge in [-0.1, -0.05) is 58.4 Å². The summed E-state index contributed by atoms with van der Waals surface area (Å²) in [5.41, 5.74) is 1.95. The molecule has 3 rings (SSSR count). The Hall–Kier alpha value is -1.74. The van der Waals surface area contributed by atoms with Crippen molar-refractivity contribution in [1.82, 2.24) is 0 Å². The highest BCUT2D eigenvalue weighted by atomic mass is 79.9. The molecule has 0 spiro atoms. The Morgan fingerprint density at radius 1 is 0.810 bits per heavy atom. The maximum atomic E-state index is 14.0. The number of fused-ring (bicyclic) bond motifs is 1. The molecule has 3 aromatic carbocycles. The lowest BCUT2D eigenvalue weighted by atomic mass is 9.94. The fraction of sp³-hybridized carbons (Fsp3) is 0.111. The molecule has 3 aromatic rings. The molecule has 1 atom stereocenters. The first-order valence-electron chi connectivity index (χ1n) is 6.66. The van der Waals surface area contributed by atoms with E-state index in [2.05, 4.69) is 15.9 Å². The fourth-order valence-corrected chi connectivity index (χ4v) is 3.68. The number of aryl methyl sites for hydroxylation is 1. The zero-order valence-electron chi connectivity index (χ0n) is 11.4. The van der Waals surface area contributed by atoms with Gasteiger partial charge in [0.25, 0.3) is 0 Å². The van der Waals surface area contributed by atoms with E-state index in [1.165, 1.54) is 18.2 Å². The fourth-order valence-electron chi connectivity index (χ4n) is 2.64. The summed E-state index contributed by atoms with van der Waals surface area (Å²) in [5, 5.41) is 2.06. The predicted octanol–water partition coefficient (Wildman–Crippen LogP) is 5.91. The van der Waals surface area contributed by atoms with Crippen molar-refractivity contribution in [3.05, 3.63) is 82.9 Å². The monoisotopic (exact) mass is 346 g/mol. The lowest BCUT2D eigenvalue weighted by Crippen LogP contribution is -2.03. The van der Waals surface area contributed by atoms with Crippen molar-refractivity contribution in [2.45, 2.75) is 11.8 Å². The van der Waals surface area contributed by atoms with Crippen LogP contribution in [-0.4, -0.2) is 0 Å². The first kappa shape index (κ1) is 14.2. The number of halogens is 3. The average Bonchev–Trinajstić information content (AvgIpc) is 2.46. The van der Waals surface area contributed by atoms with E-state index in [1.54, 1.807) is 0 Å². The molecule has 0 aliphatic rings. The molecule has 3 heteroatoms. The Kier molecular flexibility index (Phi) is 3.77. The van der Waals surface area contributed by atoms with Crippen molar-refractivity contribution >= 4 is 26.7 Å². The first-order chi connectivity index (χ1) is 10.1. The summed E-state index contributed by atoms with van der Waals surface area (Å²) in [6.45, 7) is 1.95. The summed E-state index contributed by atoms with van der Waals surface area (Å²) in [4.78, 5) is -0.523. The second-order valence-corrected chi connectivity index (χ2v) is 5.93. The van der Waals surface area contributed by atoms with Crippen LogP contribution in [0.4, 0.5) is 8.78 Å². The van der Waals surface area contributed by atoms with Gasteiger partial charge in [0, 0.05) is 5.56 Å². The molecule has 0 bridgehead atoms. The van der Waals surface area contributed by atoms with Gasteiger partial charge in [-0.25, -0.2) is 8.78 Å². The van der Waals surface area contributed by atoms with Crippen molar-refractivity contribution in [2.24, 2.45) is 0 Å². The van der Waals surface area contributed by atoms with E-state index in [4.69, 9.17) is 0 Å². The highest BCUT2D eigenvalue weighted by molar-refractivity contribution is 9.09. The smallest absolute Gasteiger partial charge is 0.130 e. The normalized spacial score (nSPS) is 12.6. The van der Waals surface area contributed by atoms with Crippen molar-refractivity contribution in [1.29, 1.82) is 0 Å². The molecule has 0 heterocycles. The van der Waals surface area contributed by atoms with Gasteiger partial charge in [-0.2, -0.15) is 0 Å². The molecule has 0 saturated heterocycles. The molecule has 0 aromatic heterocycles. The van der Waals surface area contributed by atoms with Crippen LogP contribution in [0.1, 0.15) is 21.5 Å². The Balaban J connectivity index is 2.27. The van der Waals surface area contributed by atoms with Crippen LogP contribution < -0.4 is 0 Å². The lowest BCUT2D eigenvalue weighted by molar-refractivity contribution is 0.561. The van der Waals surface area contributed by atoms with Gasteiger partial charge in [-0.3, -0.25) is 0 Å². The maximum absolute atomic E-state index is 14.0. The minimum absolute atomic E-state index is 0.0527. The SMILES string of the molecule is Cc1ccc2ccccc2c1C(Br)c1c(F)cccc1F. The van der Waals surface area contributed by atoms with E-state index in [0.717, 1.165) is 21.9 Å². The highest BCUT2D eigenvalue weighted by Gasteiger charge is 2.22. The summed E-state index contributed by atoms with van der Waals surface area (Å²) in [6.07, 6.45) is 0. The van der Waals surface area contributed by atoms with Gasteiger partial charge in [-0.15, -0.1) is 0 Å². The summed E-state index contributed by atoms with van der Waals surface area (Å²) in [5.74, 6) is -1.08. The quantitative estimate of drug-likeness (QED) is 0.506. The number of benzene rings is 3. The molecule has 0 amide bonds. The molecule has 21 heavy (non-hydrogen) atoms. The van der Waals surface area contributed by atoms with Gasteiger partial charge in [0.2, 0.25) is 0 Å². The van der Waals surface area contributed by atoms with Crippen LogP contribution in [0.3, 0.4) is 0 Å². The van der Waals surface area contributed by atoms with Gasteiger partial charge in [0.05, 0.1) is 4.83 Å². The molecule has 0 aliphatic heterocycles. The van der Waals surface area contributed by atoms with Crippen LogP contribution in [-0.2, 0) is 0 Å². The lowest BCUT2D eigenvalue weighted by Gasteiger charge is -2.18. The molecule has 0 N–H and O–H groups in total. The molecule has 0 aliphatic carbocycles. The highest BCUT2D eigenvalue weighted by Crippen LogP contribution is 2.39. The number of alkyl halides is 1. The number of hydrogen-bond donors (Lipinski definition) is 0. The van der Waals surface area contributed by atoms with E-state index in [-0.39, 0.29) is 5.56 Å². The van der Waals surface area contributed by atoms with Gasteiger partial charge < -0.3 is 0 Å². The third-order valence-electron chi connectivity index (χ3n) is 3.70. The average molecular weight is 347 g/mol. The van der Waals surface area contributed by atoms with E-state index in [1.807, 2.05) is 43.3 Å². The summed E-state index contributed by atoms with van der Waals surface area (Å²) in [7, 11) is 0. The van der Waals surface area contributed by atoms with Gasteiger partial charge in [0.1, 0.15) is 11.6 Å². The summed E-state index contributed by atoms with van der Waals surface area (Å²) in [6, 6.07) is 15.8. The van der Waals surface area contributed by atoms with Crippen LogP contribution in [0.15, 0.2) is 54.6 Å². The molecular formula is C18H13BrF2. The van der Waals surface area contributed by atoms with E-state index in [0.29, 0.717) is 0 Å². The van der Waals surface area contributed by atoms with E-state index >= 15 is 0 Å². The van der Waals surface area contributed by atoms with Crippen LogP contribution in [0, 0.1) is 18.6 Å². The topological polar surface area (TPSA) is 0 Å². The Morgan fingerprint density at radius 3 is 2.19 bits per heavy atom. The van der Waals surface area contributed by atoms with Crippen molar-refractivity contribution in [2.75, 3.05) is 0 Å². The van der Waals surface area contributed by atoms with Gasteiger partial charge in [-0.05, 0) is 41.0 Å². The minimum Gasteiger partial charge on any atom is -0.207 e. The molecule has 0 fully saturated rings. The Labute approximate surface area is 130 Å². The largest absolute Gasteiger partial charge is 0.207 e. The Morgan fingerprint density at radius 2 is 1.48 bits per heavy atom. The molecule has 0 saturated carbocycles. The second-order valence-electron chi connectivity index (χ2n) is 5.02. The molecule has 106 valence electrons. The van der Waals surface area contributed by atoms with Crippen molar-refractivity contribution in [3.8, 4) is 0 Å². The zero-order valence-corrected chi connectivity index (χ0v) is 13.0. The zero-order chi connectivity index (χ0) is 15.0. The third-order valence-corrected chi connectivity index (χ3v) is 4.61. The number of hydrogen-bond acceptors (Lipinski definition) is 0. The van der Waals surface area contributed by atoms with Gasteiger partial charge in [0.15, 0.2) is 0 Å². The predicted molar refractivity (Wildman–Crippen MR) is 85.8 cm³/mol. The molecule has 1 unspecified atom stereocenters. The van der Waals surface area contributed by atoms with E-state index in [9.17, 15) is 8.78 Å². The second kappa shape index (κ2) is 5.57. The van der Waals surface area contributed by atoms with Crippen LogP contribution in [0.5, 0.6) is 0 Å². The molecule has 0 radical (unpaired) electrons. The summed E-state index contributed by atoms with van der Waals surface area (Å²) >= 11 is 3.49. The number of rotatable bonds is 2.